The molecule has 6 nitrogen and oxygen atoms in total. The highest BCUT2D eigenvalue weighted by Gasteiger charge is 2.43. The summed E-state index contributed by atoms with van der Waals surface area (Å²) < 4.78 is 13.4. The van der Waals surface area contributed by atoms with Crippen LogP contribution in [0.4, 0.5) is 5.69 Å². The van der Waals surface area contributed by atoms with Crippen molar-refractivity contribution < 1.29 is 9.47 Å². The second-order valence-corrected chi connectivity index (χ2v) is 8.51. The van der Waals surface area contributed by atoms with Crippen molar-refractivity contribution in [3.05, 3.63) is 102 Å². The van der Waals surface area contributed by atoms with Crippen molar-refractivity contribution in [2.24, 2.45) is 0 Å². The zero-order chi connectivity index (χ0) is 23.7. The molecule has 0 aliphatic carbocycles. The number of rotatable bonds is 6. The molecule has 2 aromatic carbocycles. The maximum atomic E-state index is 5.90. The SMILES string of the molecule is COc1ccc(N2C(=S)N[C@H](c3ccccn3)[C@@H]2c2cccn2-c2ccccc2C)c(OC)c1. The Bertz CT molecular complexity index is 1320. The molecule has 1 fully saturated rings. The van der Waals surface area contributed by atoms with Gasteiger partial charge >= 0.3 is 0 Å². The number of anilines is 1. The molecule has 0 bridgehead atoms. The van der Waals surface area contributed by atoms with Crippen molar-refractivity contribution >= 4 is 23.0 Å². The highest BCUT2D eigenvalue weighted by atomic mass is 32.1. The van der Waals surface area contributed by atoms with E-state index in [2.05, 4.69) is 69.3 Å². The molecule has 1 saturated heterocycles. The Morgan fingerprint density at radius 3 is 2.47 bits per heavy atom. The van der Waals surface area contributed by atoms with Crippen molar-refractivity contribution in [1.82, 2.24) is 14.9 Å². The normalized spacial score (nSPS) is 17.5. The first-order valence-corrected chi connectivity index (χ1v) is 11.5. The number of thiocarbonyl (C=S) groups is 1. The van der Waals surface area contributed by atoms with Gasteiger partial charge in [-0.3, -0.25) is 4.98 Å². The number of hydrogen-bond donors (Lipinski definition) is 1. The lowest BCUT2D eigenvalue weighted by atomic mass is 10.00. The van der Waals surface area contributed by atoms with Gasteiger partial charge in [0.15, 0.2) is 5.11 Å². The number of methoxy groups -OCH3 is 2. The van der Waals surface area contributed by atoms with Crippen LogP contribution in [0.25, 0.3) is 5.69 Å². The molecule has 3 heterocycles. The van der Waals surface area contributed by atoms with Gasteiger partial charge in [0.2, 0.25) is 0 Å². The van der Waals surface area contributed by atoms with Gasteiger partial charge in [0.05, 0.1) is 31.6 Å². The molecule has 1 aliphatic heterocycles. The van der Waals surface area contributed by atoms with Crippen LogP contribution in [0.1, 0.15) is 29.0 Å². The predicted octanol–water partition coefficient (Wildman–Crippen LogP) is 5.38. The molecule has 4 aromatic rings. The molecule has 34 heavy (non-hydrogen) atoms. The van der Waals surface area contributed by atoms with E-state index < -0.39 is 0 Å². The molecule has 0 unspecified atom stereocenters. The van der Waals surface area contributed by atoms with Crippen molar-refractivity contribution in [3.63, 3.8) is 0 Å². The average Bonchev–Trinajstić information content (AvgIpc) is 3.48. The van der Waals surface area contributed by atoms with Crippen molar-refractivity contribution in [2.75, 3.05) is 19.1 Å². The Balaban J connectivity index is 1.70. The third-order valence-electron chi connectivity index (χ3n) is 6.20. The molecule has 0 amide bonds. The number of benzene rings is 2. The van der Waals surface area contributed by atoms with E-state index in [1.165, 1.54) is 5.56 Å². The fraction of sp³-hybridized carbons (Fsp3) is 0.185. The first-order chi connectivity index (χ1) is 16.6. The van der Waals surface area contributed by atoms with Crippen LogP contribution >= 0.6 is 12.2 Å². The quantitative estimate of drug-likeness (QED) is 0.382. The van der Waals surface area contributed by atoms with E-state index >= 15 is 0 Å². The van der Waals surface area contributed by atoms with Gasteiger partial charge in [0.1, 0.15) is 17.5 Å². The van der Waals surface area contributed by atoms with E-state index in [0.29, 0.717) is 10.9 Å². The van der Waals surface area contributed by atoms with Gasteiger partial charge in [-0.1, -0.05) is 24.3 Å². The van der Waals surface area contributed by atoms with Crippen LogP contribution in [0, 0.1) is 6.92 Å². The summed E-state index contributed by atoms with van der Waals surface area (Å²) in [4.78, 5) is 6.79. The molecule has 0 spiro atoms. The van der Waals surface area contributed by atoms with Crippen LogP contribution < -0.4 is 19.7 Å². The summed E-state index contributed by atoms with van der Waals surface area (Å²) in [7, 11) is 3.30. The molecule has 0 radical (unpaired) electrons. The Hall–Kier alpha value is -3.84. The molecule has 0 saturated carbocycles. The number of hydrogen-bond acceptors (Lipinski definition) is 4. The topological polar surface area (TPSA) is 51.5 Å². The minimum absolute atomic E-state index is 0.154. The number of para-hydroxylation sites is 1. The molecule has 1 aliphatic rings. The number of pyridine rings is 1. The minimum Gasteiger partial charge on any atom is -0.497 e. The van der Waals surface area contributed by atoms with Gasteiger partial charge < -0.3 is 24.3 Å². The Labute approximate surface area is 204 Å². The standard InChI is InChI=1S/C27H26N4O2S/c1-18-9-4-5-11-21(18)30-16-8-12-23(30)26-25(20-10-6-7-15-28-20)29-27(34)31(26)22-14-13-19(32-2)17-24(22)33-3/h4-17,25-26H,1-3H3,(H,29,34)/t25-,26+/m1/s1. The summed E-state index contributed by atoms with van der Waals surface area (Å²) >= 11 is 5.90. The number of aryl methyl sites for hydroxylation is 1. The van der Waals surface area contributed by atoms with Crippen molar-refractivity contribution in [3.8, 4) is 17.2 Å². The van der Waals surface area contributed by atoms with Gasteiger partial charge in [-0.05, 0) is 67.2 Å². The second kappa shape index (κ2) is 9.19. The maximum absolute atomic E-state index is 5.90. The molecular weight excluding hydrogens is 444 g/mol. The number of ether oxygens (including phenoxy) is 2. The van der Waals surface area contributed by atoms with Crippen LogP contribution in [0.2, 0.25) is 0 Å². The molecule has 5 rings (SSSR count). The molecular formula is C27H26N4O2S. The largest absolute Gasteiger partial charge is 0.497 e. The predicted molar refractivity (Wildman–Crippen MR) is 138 cm³/mol. The lowest BCUT2D eigenvalue weighted by Crippen LogP contribution is -2.30. The lowest BCUT2D eigenvalue weighted by Gasteiger charge is -2.30. The Morgan fingerprint density at radius 1 is 0.912 bits per heavy atom. The molecule has 2 atom stereocenters. The third-order valence-corrected chi connectivity index (χ3v) is 6.52. The highest BCUT2D eigenvalue weighted by molar-refractivity contribution is 7.80. The summed E-state index contributed by atoms with van der Waals surface area (Å²) in [6.45, 7) is 2.12. The average molecular weight is 471 g/mol. The van der Waals surface area contributed by atoms with E-state index in [0.717, 1.165) is 28.5 Å². The zero-order valence-electron chi connectivity index (χ0n) is 19.3. The number of aromatic nitrogens is 2. The highest BCUT2D eigenvalue weighted by Crippen LogP contribution is 2.45. The molecule has 1 N–H and O–H groups in total. The van der Waals surface area contributed by atoms with Crippen molar-refractivity contribution in [2.45, 2.75) is 19.0 Å². The summed E-state index contributed by atoms with van der Waals surface area (Å²) in [6, 6.07) is 24.0. The van der Waals surface area contributed by atoms with Gasteiger partial charge in [-0.2, -0.15) is 0 Å². The van der Waals surface area contributed by atoms with Crippen LogP contribution in [0.5, 0.6) is 11.5 Å². The van der Waals surface area contributed by atoms with Crippen LogP contribution in [-0.2, 0) is 0 Å². The van der Waals surface area contributed by atoms with E-state index in [-0.39, 0.29) is 12.1 Å². The second-order valence-electron chi connectivity index (χ2n) is 8.12. The maximum Gasteiger partial charge on any atom is 0.174 e. The summed E-state index contributed by atoms with van der Waals surface area (Å²) in [5.41, 5.74) is 5.19. The first-order valence-electron chi connectivity index (χ1n) is 11.1. The number of nitrogens with zero attached hydrogens (tertiary/aromatic N) is 3. The summed E-state index contributed by atoms with van der Waals surface area (Å²) in [5, 5.41) is 4.14. The fourth-order valence-corrected chi connectivity index (χ4v) is 4.93. The van der Waals surface area contributed by atoms with E-state index in [9.17, 15) is 0 Å². The Morgan fingerprint density at radius 2 is 1.74 bits per heavy atom. The van der Waals surface area contributed by atoms with Crippen molar-refractivity contribution in [1.29, 1.82) is 0 Å². The van der Waals surface area contributed by atoms with Gasteiger partial charge in [0, 0.05) is 29.8 Å². The van der Waals surface area contributed by atoms with Crippen LogP contribution in [0.15, 0.2) is 85.2 Å². The molecule has 172 valence electrons. The summed E-state index contributed by atoms with van der Waals surface area (Å²) in [6.07, 6.45) is 3.91. The fourth-order valence-electron chi connectivity index (χ4n) is 4.59. The molecule has 7 heteroatoms. The van der Waals surface area contributed by atoms with Gasteiger partial charge in [0.25, 0.3) is 0 Å². The van der Waals surface area contributed by atoms with Crippen LogP contribution in [0.3, 0.4) is 0 Å². The number of nitrogens with one attached hydrogen (secondary N) is 1. The lowest BCUT2D eigenvalue weighted by molar-refractivity contribution is 0.394. The van der Waals surface area contributed by atoms with E-state index in [1.54, 1.807) is 14.2 Å². The monoisotopic (exact) mass is 470 g/mol. The third kappa shape index (κ3) is 3.78. The zero-order valence-corrected chi connectivity index (χ0v) is 20.1. The smallest absolute Gasteiger partial charge is 0.174 e. The Kier molecular flexibility index (Phi) is 5.94. The van der Waals surface area contributed by atoms with Gasteiger partial charge in [-0.15, -0.1) is 0 Å². The minimum atomic E-state index is -0.167. The van der Waals surface area contributed by atoms with Gasteiger partial charge in [-0.25, -0.2) is 0 Å². The van der Waals surface area contributed by atoms with E-state index in [1.807, 2.05) is 42.6 Å². The first kappa shape index (κ1) is 22.0. The summed E-state index contributed by atoms with van der Waals surface area (Å²) in [5.74, 6) is 1.41. The van der Waals surface area contributed by atoms with E-state index in [4.69, 9.17) is 21.7 Å². The van der Waals surface area contributed by atoms with Crippen LogP contribution in [-0.4, -0.2) is 28.9 Å². The molecule has 2 aromatic heterocycles.